The first-order valence-corrected chi connectivity index (χ1v) is 18.9. The van der Waals surface area contributed by atoms with E-state index < -0.39 is 0 Å². The first-order valence-electron chi connectivity index (χ1n) is 18.1. The van der Waals surface area contributed by atoms with E-state index in [0.29, 0.717) is 5.56 Å². The number of para-hydroxylation sites is 4. The van der Waals surface area contributed by atoms with E-state index in [1.54, 1.807) is 11.8 Å². The lowest BCUT2D eigenvalue weighted by Crippen LogP contribution is -1.95. The molecule has 0 aliphatic carbocycles. The number of hydrogen-bond donors (Lipinski definition) is 0. The van der Waals surface area contributed by atoms with Crippen molar-refractivity contribution in [3.63, 3.8) is 0 Å². The third-order valence-corrected chi connectivity index (χ3v) is 11.7. The molecule has 0 spiro atoms. The molecular formula is C49H30N4S. The zero-order valence-electron chi connectivity index (χ0n) is 29.0. The van der Waals surface area contributed by atoms with Gasteiger partial charge >= 0.3 is 0 Å². The molecule has 3 heterocycles. The van der Waals surface area contributed by atoms with E-state index in [0.717, 1.165) is 26.9 Å². The third kappa shape index (κ3) is 4.64. The molecule has 252 valence electrons. The van der Waals surface area contributed by atoms with Gasteiger partial charge in [-0.25, -0.2) is 0 Å². The SMILES string of the molecule is N#Cc1ccc(Sc2ccc(-n3c4cc5c6ccccc6n(-c6ccccc6)c5cc4c4cc5c(cc43)c3ccccc3n5-c3ccccc3)cc2)cc1. The second-order valence-corrected chi connectivity index (χ2v) is 14.9. The van der Waals surface area contributed by atoms with E-state index >= 15 is 0 Å². The Morgan fingerprint density at radius 2 is 0.685 bits per heavy atom. The van der Waals surface area contributed by atoms with E-state index in [2.05, 4.69) is 177 Å². The van der Waals surface area contributed by atoms with Crippen LogP contribution < -0.4 is 0 Å². The van der Waals surface area contributed by atoms with Crippen molar-refractivity contribution in [2.45, 2.75) is 9.79 Å². The number of nitrogens with zero attached hydrogens (tertiary/aromatic N) is 4. The molecule has 0 atom stereocenters. The Balaban J connectivity index is 1.22. The molecule has 11 aromatic rings. The van der Waals surface area contributed by atoms with E-state index in [4.69, 9.17) is 0 Å². The zero-order valence-corrected chi connectivity index (χ0v) is 29.8. The summed E-state index contributed by atoms with van der Waals surface area (Å²) in [6.07, 6.45) is 0. The molecule has 3 aromatic heterocycles. The van der Waals surface area contributed by atoms with Crippen molar-refractivity contribution in [1.29, 1.82) is 5.26 Å². The molecule has 4 nitrogen and oxygen atoms in total. The Kier molecular flexibility index (Phi) is 6.82. The normalized spacial score (nSPS) is 11.8. The predicted molar refractivity (Wildman–Crippen MR) is 225 cm³/mol. The average molecular weight is 707 g/mol. The molecule has 0 unspecified atom stereocenters. The van der Waals surface area contributed by atoms with Crippen LogP contribution in [0.5, 0.6) is 0 Å². The standard InChI is InChI=1S/C49H30N4S/c50-31-32-19-23-36(24-20-32)54-37-25-21-35(22-26-37)53-48-27-40-38-15-7-9-17-44(38)51(33-11-3-1-4-12-33)46(40)29-42(48)43-30-47-41(28-49(43)53)39-16-8-10-18-45(39)52(47)34-13-5-2-6-14-34/h1-30H. The molecule has 0 fully saturated rings. The summed E-state index contributed by atoms with van der Waals surface area (Å²) in [4.78, 5) is 2.25. The monoisotopic (exact) mass is 706 g/mol. The molecule has 0 saturated heterocycles. The minimum atomic E-state index is 0.669. The van der Waals surface area contributed by atoms with Crippen LogP contribution >= 0.6 is 11.8 Å². The molecule has 0 amide bonds. The quantitative estimate of drug-likeness (QED) is 0.179. The fourth-order valence-electron chi connectivity index (χ4n) is 8.32. The molecular weight excluding hydrogens is 677 g/mol. The van der Waals surface area contributed by atoms with Gasteiger partial charge in [0.2, 0.25) is 0 Å². The maximum atomic E-state index is 9.26. The van der Waals surface area contributed by atoms with Gasteiger partial charge in [0, 0.05) is 59.2 Å². The third-order valence-electron chi connectivity index (χ3n) is 10.7. The largest absolute Gasteiger partial charge is 0.309 e. The van der Waals surface area contributed by atoms with Crippen LogP contribution in [0.3, 0.4) is 0 Å². The van der Waals surface area contributed by atoms with Gasteiger partial charge in [0.15, 0.2) is 0 Å². The molecule has 0 radical (unpaired) electrons. The molecule has 0 aliphatic rings. The highest BCUT2D eigenvalue weighted by molar-refractivity contribution is 7.99. The zero-order chi connectivity index (χ0) is 35.8. The van der Waals surface area contributed by atoms with Crippen LogP contribution in [0.1, 0.15) is 5.56 Å². The van der Waals surface area contributed by atoms with E-state index in [1.807, 2.05) is 24.3 Å². The van der Waals surface area contributed by atoms with Gasteiger partial charge in [-0.1, -0.05) is 84.6 Å². The lowest BCUT2D eigenvalue weighted by molar-refractivity contribution is 1.17. The highest BCUT2D eigenvalue weighted by atomic mass is 32.2. The summed E-state index contributed by atoms with van der Waals surface area (Å²) in [6, 6.07) is 67.4. The topological polar surface area (TPSA) is 38.6 Å². The van der Waals surface area contributed by atoms with Gasteiger partial charge in [-0.15, -0.1) is 0 Å². The smallest absolute Gasteiger partial charge is 0.0991 e. The van der Waals surface area contributed by atoms with E-state index in [9.17, 15) is 5.26 Å². The molecule has 11 rings (SSSR count). The predicted octanol–water partition coefficient (Wildman–Crippen LogP) is 13.0. The molecule has 5 heteroatoms. The Labute approximate surface area is 315 Å². The highest BCUT2D eigenvalue weighted by Crippen LogP contribution is 2.43. The van der Waals surface area contributed by atoms with Crippen molar-refractivity contribution < 1.29 is 0 Å². The van der Waals surface area contributed by atoms with Crippen LogP contribution in [-0.2, 0) is 0 Å². The second kappa shape index (κ2) is 12.0. The van der Waals surface area contributed by atoms with Crippen LogP contribution in [0.25, 0.3) is 82.5 Å². The van der Waals surface area contributed by atoms with Crippen molar-refractivity contribution in [2.24, 2.45) is 0 Å². The molecule has 0 aliphatic heterocycles. The first kappa shape index (κ1) is 30.6. The Morgan fingerprint density at radius 1 is 0.333 bits per heavy atom. The van der Waals surface area contributed by atoms with Crippen LogP contribution in [0.4, 0.5) is 0 Å². The lowest BCUT2D eigenvalue weighted by atomic mass is 10.1. The molecule has 0 saturated carbocycles. The lowest BCUT2D eigenvalue weighted by Gasteiger charge is -2.10. The molecule has 0 bridgehead atoms. The van der Waals surface area contributed by atoms with Crippen LogP contribution in [-0.4, -0.2) is 13.7 Å². The van der Waals surface area contributed by atoms with Crippen LogP contribution in [0, 0.1) is 11.3 Å². The van der Waals surface area contributed by atoms with Crippen LogP contribution in [0.2, 0.25) is 0 Å². The number of nitriles is 1. The number of benzene rings is 8. The van der Waals surface area contributed by atoms with Crippen molar-refractivity contribution in [3.8, 4) is 23.1 Å². The Morgan fingerprint density at radius 3 is 1.13 bits per heavy atom. The highest BCUT2D eigenvalue weighted by Gasteiger charge is 2.21. The van der Waals surface area contributed by atoms with E-state index in [-0.39, 0.29) is 0 Å². The average Bonchev–Trinajstić information content (AvgIpc) is 3.85. The minimum Gasteiger partial charge on any atom is -0.309 e. The van der Waals surface area contributed by atoms with Crippen molar-refractivity contribution in [1.82, 2.24) is 13.7 Å². The summed E-state index contributed by atoms with van der Waals surface area (Å²) < 4.78 is 7.26. The summed E-state index contributed by atoms with van der Waals surface area (Å²) in [5, 5.41) is 16.6. The fraction of sp³-hybridized carbons (Fsp3) is 0. The van der Waals surface area contributed by atoms with Gasteiger partial charge in [0.25, 0.3) is 0 Å². The number of aromatic nitrogens is 3. The molecule has 54 heavy (non-hydrogen) atoms. The minimum absolute atomic E-state index is 0.669. The first-order chi connectivity index (χ1) is 26.7. The van der Waals surface area contributed by atoms with Crippen molar-refractivity contribution in [2.75, 3.05) is 0 Å². The summed E-state index contributed by atoms with van der Waals surface area (Å²) in [7, 11) is 0. The Bertz CT molecular complexity index is 3100. The second-order valence-electron chi connectivity index (χ2n) is 13.7. The molecule has 0 N–H and O–H groups in total. The van der Waals surface area contributed by atoms with Gasteiger partial charge in [0.05, 0.1) is 44.7 Å². The van der Waals surface area contributed by atoms with Gasteiger partial charge in [-0.05, 0) is 109 Å². The number of hydrogen-bond acceptors (Lipinski definition) is 2. The van der Waals surface area contributed by atoms with Gasteiger partial charge < -0.3 is 13.7 Å². The van der Waals surface area contributed by atoms with Crippen molar-refractivity contribution >= 4 is 77.2 Å². The number of fused-ring (bicyclic) bond motifs is 9. The maximum absolute atomic E-state index is 9.26. The fourth-order valence-corrected chi connectivity index (χ4v) is 9.14. The van der Waals surface area contributed by atoms with Crippen molar-refractivity contribution in [3.05, 3.63) is 188 Å². The van der Waals surface area contributed by atoms with Crippen LogP contribution in [0.15, 0.2) is 192 Å². The summed E-state index contributed by atoms with van der Waals surface area (Å²) in [5.41, 5.74) is 11.2. The molecule has 8 aromatic carbocycles. The summed E-state index contributed by atoms with van der Waals surface area (Å²) in [6.45, 7) is 0. The van der Waals surface area contributed by atoms with Gasteiger partial charge in [-0.3, -0.25) is 0 Å². The van der Waals surface area contributed by atoms with Gasteiger partial charge in [0.1, 0.15) is 0 Å². The van der Waals surface area contributed by atoms with E-state index in [1.165, 1.54) is 65.4 Å². The Hall–Kier alpha value is -7.00. The maximum Gasteiger partial charge on any atom is 0.0991 e. The summed E-state index contributed by atoms with van der Waals surface area (Å²) in [5.74, 6) is 0. The van der Waals surface area contributed by atoms with Gasteiger partial charge in [-0.2, -0.15) is 5.26 Å². The number of rotatable bonds is 5. The summed E-state index contributed by atoms with van der Waals surface area (Å²) >= 11 is 1.70.